The highest BCUT2D eigenvalue weighted by Crippen LogP contribution is 2.33. The Morgan fingerprint density at radius 2 is 1.86 bits per heavy atom. The highest BCUT2D eigenvalue weighted by Gasteiger charge is 2.33. The van der Waals surface area contributed by atoms with Gasteiger partial charge in [0.2, 0.25) is 5.91 Å². The van der Waals surface area contributed by atoms with Crippen LogP contribution in [0.15, 0.2) is 36.4 Å². The molecule has 6 rings (SSSR count). The highest BCUT2D eigenvalue weighted by atomic mass is 19.1. The molecule has 1 fully saturated rings. The number of imidazole rings is 1. The minimum absolute atomic E-state index is 0.0830. The van der Waals surface area contributed by atoms with Crippen molar-refractivity contribution in [1.82, 2.24) is 30.0 Å². The van der Waals surface area contributed by atoms with E-state index in [4.69, 9.17) is 9.72 Å². The lowest BCUT2D eigenvalue weighted by Gasteiger charge is -2.30. The van der Waals surface area contributed by atoms with E-state index in [-0.39, 0.29) is 11.8 Å². The van der Waals surface area contributed by atoms with Gasteiger partial charge in [0.25, 0.3) is 0 Å². The summed E-state index contributed by atoms with van der Waals surface area (Å²) in [6, 6.07) is 8.83. The van der Waals surface area contributed by atoms with Gasteiger partial charge in [-0.15, -0.1) is 0 Å². The number of piperidine rings is 1. The number of fused-ring (bicyclic) bond motifs is 2. The molecule has 8 nitrogen and oxygen atoms in total. The Labute approximate surface area is 212 Å². The van der Waals surface area contributed by atoms with Gasteiger partial charge in [0.15, 0.2) is 5.82 Å². The molecule has 0 aliphatic carbocycles. The Bertz CT molecular complexity index is 1430. The summed E-state index contributed by atoms with van der Waals surface area (Å²) in [7, 11) is 2.09. The first-order valence-corrected chi connectivity index (χ1v) is 12.5. The zero-order valence-electron chi connectivity index (χ0n) is 20.7. The third-order valence-corrected chi connectivity index (χ3v) is 7.36. The summed E-state index contributed by atoms with van der Waals surface area (Å²) in [5.74, 6) is 0.173. The molecule has 2 aliphatic heterocycles. The van der Waals surface area contributed by atoms with Gasteiger partial charge in [0, 0.05) is 17.4 Å². The Morgan fingerprint density at radius 1 is 1.11 bits per heavy atom. The van der Waals surface area contributed by atoms with Crippen LogP contribution in [0, 0.1) is 17.6 Å². The molecule has 192 valence electrons. The number of halogens is 2. The Morgan fingerprint density at radius 3 is 2.59 bits per heavy atom. The van der Waals surface area contributed by atoms with Crippen molar-refractivity contribution in [2.24, 2.45) is 5.92 Å². The molecule has 2 aromatic carbocycles. The zero-order chi connectivity index (χ0) is 25.7. The van der Waals surface area contributed by atoms with Crippen LogP contribution in [-0.4, -0.2) is 56.0 Å². The number of carbonyl (C=O) groups is 1. The monoisotopic (exact) mass is 506 g/mol. The molecular weight excluding hydrogens is 478 g/mol. The molecule has 2 aromatic heterocycles. The maximum atomic E-state index is 13.6. The van der Waals surface area contributed by atoms with E-state index in [1.165, 1.54) is 12.1 Å². The Hall–Kier alpha value is -3.79. The molecule has 4 heterocycles. The Balaban J connectivity index is 1.19. The van der Waals surface area contributed by atoms with Gasteiger partial charge in [-0.25, -0.2) is 13.8 Å². The van der Waals surface area contributed by atoms with Crippen LogP contribution in [0.1, 0.15) is 42.8 Å². The van der Waals surface area contributed by atoms with Crippen LogP contribution in [0.3, 0.4) is 0 Å². The molecule has 1 unspecified atom stereocenters. The number of nitrogens with zero attached hydrogens (tertiary/aromatic N) is 4. The summed E-state index contributed by atoms with van der Waals surface area (Å²) < 4.78 is 33.3. The van der Waals surface area contributed by atoms with Crippen molar-refractivity contribution in [2.75, 3.05) is 20.1 Å². The van der Waals surface area contributed by atoms with Crippen LogP contribution in [0.4, 0.5) is 8.78 Å². The lowest BCUT2D eigenvalue weighted by molar-refractivity contribution is -0.137. The number of hydrogen-bond donors (Lipinski definition) is 2. The normalized spacial score (nSPS) is 17.4. The number of amides is 1. The maximum absolute atomic E-state index is 13.6. The second-order valence-electron chi connectivity index (χ2n) is 10.0. The largest absolute Gasteiger partial charge is 0.486 e. The van der Waals surface area contributed by atoms with Crippen LogP contribution in [-0.2, 0) is 17.9 Å². The topological polar surface area (TPSA) is 90.1 Å². The lowest BCUT2D eigenvalue weighted by atomic mass is 9.96. The number of likely N-dealkylation sites (tertiary alicyclic amines) is 1. The Kier molecular flexibility index (Phi) is 5.91. The lowest BCUT2D eigenvalue weighted by Crippen LogP contribution is -2.39. The molecular formula is C27H28F2N6O2. The van der Waals surface area contributed by atoms with Crippen molar-refractivity contribution >= 4 is 16.8 Å². The SMILES string of the molecule is CC(Oc1ccc2[nH]nc(-c3nc4c([nH]3)CN(C(=O)C3CCN(C)CC3)C4)c2c1)c1cc(F)cc(F)c1. The van der Waals surface area contributed by atoms with Gasteiger partial charge in [-0.2, -0.15) is 5.10 Å². The van der Waals surface area contributed by atoms with E-state index in [1.54, 1.807) is 13.0 Å². The quantitative estimate of drug-likeness (QED) is 0.414. The number of ether oxygens (including phenoxy) is 1. The van der Waals surface area contributed by atoms with Gasteiger partial charge >= 0.3 is 0 Å². The molecule has 4 aromatic rings. The fourth-order valence-electron chi connectivity index (χ4n) is 5.25. The minimum atomic E-state index is -0.643. The van der Waals surface area contributed by atoms with Gasteiger partial charge in [0.1, 0.15) is 29.2 Å². The van der Waals surface area contributed by atoms with Gasteiger partial charge in [-0.1, -0.05) is 0 Å². The fourth-order valence-corrected chi connectivity index (χ4v) is 5.25. The van der Waals surface area contributed by atoms with Crippen molar-refractivity contribution < 1.29 is 18.3 Å². The third kappa shape index (κ3) is 4.57. The molecule has 0 saturated carbocycles. The fraction of sp³-hybridized carbons (Fsp3) is 0.370. The first-order valence-electron chi connectivity index (χ1n) is 12.5. The smallest absolute Gasteiger partial charge is 0.226 e. The zero-order valence-corrected chi connectivity index (χ0v) is 20.7. The molecule has 0 spiro atoms. The first-order chi connectivity index (χ1) is 17.8. The van der Waals surface area contributed by atoms with Crippen molar-refractivity contribution in [3.05, 3.63) is 65.0 Å². The van der Waals surface area contributed by atoms with Gasteiger partial charge < -0.3 is 19.5 Å². The van der Waals surface area contributed by atoms with Gasteiger partial charge in [-0.3, -0.25) is 9.89 Å². The number of hydrogen-bond acceptors (Lipinski definition) is 5. The summed E-state index contributed by atoms with van der Waals surface area (Å²) in [5.41, 5.74) is 3.66. The average molecular weight is 507 g/mol. The first kappa shape index (κ1) is 23.6. The number of aromatic nitrogens is 4. The van der Waals surface area contributed by atoms with Crippen LogP contribution >= 0.6 is 0 Å². The predicted molar refractivity (Wildman–Crippen MR) is 134 cm³/mol. The molecule has 37 heavy (non-hydrogen) atoms. The van der Waals surface area contributed by atoms with Crippen LogP contribution in [0.2, 0.25) is 0 Å². The second-order valence-corrected chi connectivity index (χ2v) is 10.0. The molecule has 10 heteroatoms. The molecule has 1 atom stereocenters. The highest BCUT2D eigenvalue weighted by molar-refractivity contribution is 5.92. The van der Waals surface area contributed by atoms with E-state index < -0.39 is 17.7 Å². The van der Waals surface area contributed by atoms with Crippen molar-refractivity contribution in [2.45, 2.75) is 39.0 Å². The van der Waals surface area contributed by atoms with Crippen LogP contribution < -0.4 is 4.74 Å². The molecule has 0 radical (unpaired) electrons. The maximum Gasteiger partial charge on any atom is 0.226 e. The molecule has 2 aliphatic rings. The summed E-state index contributed by atoms with van der Waals surface area (Å²) >= 11 is 0. The van der Waals surface area contributed by atoms with Crippen molar-refractivity contribution in [3.63, 3.8) is 0 Å². The summed E-state index contributed by atoms with van der Waals surface area (Å²) in [6.45, 7) is 4.66. The van der Waals surface area contributed by atoms with Crippen LogP contribution in [0.5, 0.6) is 5.75 Å². The van der Waals surface area contributed by atoms with E-state index in [1.807, 2.05) is 17.0 Å². The summed E-state index contributed by atoms with van der Waals surface area (Å²) in [5, 5.41) is 8.28. The molecule has 0 bridgehead atoms. The van der Waals surface area contributed by atoms with Crippen molar-refractivity contribution in [3.8, 4) is 17.3 Å². The third-order valence-electron chi connectivity index (χ3n) is 7.36. The molecule has 1 amide bonds. The number of benzene rings is 2. The number of nitrogens with one attached hydrogen (secondary N) is 2. The van der Waals surface area contributed by atoms with E-state index in [0.717, 1.165) is 54.3 Å². The van der Waals surface area contributed by atoms with Crippen LogP contribution in [0.25, 0.3) is 22.4 Å². The number of H-pyrrole nitrogens is 2. The molecule has 1 saturated heterocycles. The number of rotatable bonds is 5. The summed E-state index contributed by atoms with van der Waals surface area (Å²) in [4.78, 5) is 25.3. The standard InChI is InChI=1S/C27H28F2N6O2/c1-15(17-9-18(28)11-19(29)10-17)37-20-3-4-22-21(12-20)25(33-32-22)26-30-23-13-35(14-24(23)31-26)27(36)16-5-7-34(2)8-6-16/h3-4,9-12,15-16H,5-8,13-14H2,1-2H3,(H,30,31)(H,32,33). The number of aromatic amines is 2. The van der Waals surface area contributed by atoms with E-state index in [2.05, 4.69) is 27.1 Å². The summed E-state index contributed by atoms with van der Waals surface area (Å²) in [6.07, 6.45) is 1.24. The van der Waals surface area contributed by atoms with Gasteiger partial charge in [0.05, 0.1) is 30.0 Å². The van der Waals surface area contributed by atoms with Crippen molar-refractivity contribution in [1.29, 1.82) is 0 Å². The van der Waals surface area contributed by atoms with E-state index in [9.17, 15) is 13.6 Å². The minimum Gasteiger partial charge on any atom is -0.486 e. The molecule has 2 N–H and O–H groups in total. The average Bonchev–Trinajstić information content (AvgIpc) is 3.56. The predicted octanol–water partition coefficient (Wildman–Crippen LogP) is 4.56. The number of carbonyl (C=O) groups excluding carboxylic acids is 1. The van der Waals surface area contributed by atoms with E-state index in [0.29, 0.717) is 35.9 Å². The van der Waals surface area contributed by atoms with E-state index >= 15 is 0 Å². The van der Waals surface area contributed by atoms with Gasteiger partial charge in [-0.05, 0) is 75.8 Å². The second kappa shape index (κ2) is 9.26.